The van der Waals surface area contributed by atoms with Crippen LogP contribution in [-0.2, 0) is 11.3 Å². The highest BCUT2D eigenvalue weighted by atomic mass is 16.5. The van der Waals surface area contributed by atoms with Gasteiger partial charge in [0.25, 0.3) is 5.91 Å². The van der Waals surface area contributed by atoms with E-state index in [0.717, 1.165) is 62.3 Å². The molecule has 0 spiro atoms. The van der Waals surface area contributed by atoms with Crippen molar-refractivity contribution in [2.45, 2.75) is 31.8 Å². The number of para-hydroxylation sites is 1. The first-order chi connectivity index (χ1) is 15.2. The zero-order valence-electron chi connectivity index (χ0n) is 18.1. The normalized spacial score (nSPS) is 28.3. The third-order valence-electron chi connectivity index (χ3n) is 7.50. The maximum absolute atomic E-state index is 13.3. The molecule has 0 unspecified atom stereocenters. The first-order valence-electron chi connectivity index (χ1n) is 11.4. The SMILES string of the molecule is COc1cccc2c(C(=O)N[C@H]3[C@@H]4CC[C@@H](C4)[C@H]3CO)nn(CCN3CCOCC3)c12. The molecule has 1 saturated heterocycles. The van der Waals surface area contributed by atoms with E-state index in [-0.39, 0.29) is 24.5 Å². The number of nitrogens with one attached hydrogen (secondary N) is 1. The summed E-state index contributed by atoms with van der Waals surface area (Å²) in [6.45, 7) is 5.00. The minimum Gasteiger partial charge on any atom is -0.494 e. The fourth-order valence-electron chi connectivity index (χ4n) is 5.88. The van der Waals surface area contributed by atoms with Crippen LogP contribution in [0.4, 0.5) is 0 Å². The molecule has 8 nitrogen and oxygen atoms in total. The minimum absolute atomic E-state index is 0.0374. The third kappa shape index (κ3) is 3.81. The van der Waals surface area contributed by atoms with Crippen LogP contribution in [0.5, 0.6) is 5.75 Å². The molecule has 2 saturated carbocycles. The van der Waals surface area contributed by atoms with Gasteiger partial charge in [0.15, 0.2) is 5.69 Å². The van der Waals surface area contributed by atoms with Gasteiger partial charge in [-0.15, -0.1) is 0 Å². The van der Waals surface area contributed by atoms with Gasteiger partial charge in [0.2, 0.25) is 0 Å². The highest BCUT2D eigenvalue weighted by molar-refractivity contribution is 6.06. The highest BCUT2D eigenvalue weighted by Crippen LogP contribution is 2.48. The molecular weight excluding hydrogens is 396 g/mol. The molecule has 5 rings (SSSR count). The number of carbonyl (C=O) groups excluding carboxylic acids is 1. The Balaban J connectivity index is 1.40. The van der Waals surface area contributed by atoms with Crippen LogP contribution in [-0.4, -0.2) is 78.3 Å². The predicted molar refractivity (Wildman–Crippen MR) is 116 cm³/mol. The van der Waals surface area contributed by atoms with Crippen molar-refractivity contribution in [2.75, 3.05) is 46.6 Å². The Bertz CT molecular complexity index is 939. The monoisotopic (exact) mass is 428 g/mol. The van der Waals surface area contributed by atoms with Gasteiger partial charge in [-0.1, -0.05) is 12.1 Å². The summed E-state index contributed by atoms with van der Waals surface area (Å²) in [5, 5.41) is 18.7. The summed E-state index contributed by atoms with van der Waals surface area (Å²) in [7, 11) is 1.65. The van der Waals surface area contributed by atoms with Gasteiger partial charge in [-0.05, 0) is 37.2 Å². The van der Waals surface area contributed by atoms with E-state index in [1.54, 1.807) is 7.11 Å². The molecule has 3 aliphatic rings. The van der Waals surface area contributed by atoms with E-state index in [0.29, 0.717) is 24.1 Å². The Morgan fingerprint density at radius 2 is 2.06 bits per heavy atom. The molecule has 2 N–H and O–H groups in total. The first-order valence-corrected chi connectivity index (χ1v) is 11.4. The largest absolute Gasteiger partial charge is 0.494 e. The predicted octanol–water partition coefficient (Wildman–Crippen LogP) is 1.51. The van der Waals surface area contributed by atoms with Gasteiger partial charge in [-0.2, -0.15) is 5.10 Å². The number of rotatable bonds is 7. The van der Waals surface area contributed by atoms with Crippen LogP contribution < -0.4 is 10.1 Å². The van der Waals surface area contributed by atoms with E-state index in [2.05, 4.69) is 10.2 Å². The number of amides is 1. The number of benzene rings is 1. The Hall–Kier alpha value is -2.16. The van der Waals surface area contributed by atoms with Gasteiger partial charge in [-0.25, -0.2) is 0 Å². The lowest BCUT2D eigenvalue weighted by Gasteiger charge is -2.30. The van der Waals surface area contributed by atoms with Gasteiger partial charge in [0.1, 0.15) is 11.3 Å². The van der Waals surface area contributed by atoms with Gasteiger partial charge >= 0.3 is 0 Å². The second-order valence-electron chi connectivity index (χ2n) is 9.06. The smallest absolute Gasteiger partial charge is 0.272 e. The van der Waals surface area contributed by atoms with Gasteiger partial charge in [0.05, 0.1) is 26.9 Å². The number of morpholine rings is 1. The van der Waals surface area contributed by atoms with E-state index in [9.17, 15) is 9.90 Å². The molecule has 168 valence electrons. The van der Waals surface area contributed by atoms with E-state index in [1.165, 1.54) is 6.42 Å². The number of aliphatic hydroxyl groups is 1. The van der Waals surface area contributed by atoms with Gasteiger partial charge in [0, 0.05) is 43.6 Å². The topological polar surface area (TPSA) is 88.8 Å². The molecule has 2 bridgehead atoms. The van der Waals surface area contributed by atoms with Crippen LogP contribution in [0.2, 0.25) is 0 Å². The standard InChI is InChI=1S/C23H32N4O4/c1-30-19-4-2-3-17-21(23(29)24-20-16-6-5-15(13-16)18(20)14-28)25-27(22(17)19)8-7-26-9-11-31-12-10-26/h2-4,15-16,18,20,28H,5-14H2,1H3,(H,24,29)/t15-,16+,18+,20-/m0/s1. The van der Waals surface area contributed by atoms with E-state index < -0.39 is 0 Å². The maximum atomic E-state index is 13.3. The Morgan fingerprint density at radius 1 is 1.26 bits per heavy atom. The zero-order chi connectivity index (χ0) is 21.4. The summed E-state index contributed by atoms with van der Waals surface area (Å²) in [5.41, 5.74) is 1.30. The molecule has 1 amide bonds. The third-order valence-corrected chi connectivity index (χ3v) is 7.50. The Kier molecular flexibility index (Phi) is 5.86. The van der Waals surface area contributed by atoms with E-state index in [4.69, 9.17) is 14.6 Å². The average molecular weight is 429 g/mol. The van der Waals surface area contributed by atoms with E-state index >= 15 is 0 Å². The van der Waals surface area contributed by atoms with Crippen LogP contribution in [0.3, 0.4) is 0 Å². The fraction of sp³-hybridized carbons (Fsp3) is 0.652. The molecule has 2 aliphatic carbocycles. The number of aliphatic hydroxyl groups excluding tert-OH is 1. The lowest BCUT2D eigenvalue weighted by atomic mass is 9.85. The molecule has 3 fully saturated rings. The molecule has 1 aromatic heterocycles. The number of aromatic nitrogens is 2. The van der Waals surface area contributed by atoms with Crippen LogP contribution in [0.25, 0.3) is 10.9 Å². The molecule has 4 atom stereocenters. The number of ether oxygens (including phenoxy) is 2. The van der Waals surface area contributed by atoms with Crippen molar-refractivity contribution in [1.82, 2.24) is 20.0 Å². The number of hydrogen-bond acceptors (Lipinski definition) is 6. The Labute approximate surface area is 182 Å². The van der Waals surface area contributed by atoms with Crippen LogP contribution >= 0.6 is 0 Å². The van der Waals surface area contributed by atoms with Crippen molar-refractivity contribution in [1.29, 1.82) is 0 Å². The van der Waals surface area contributed by atoms with Gasteiger partial charge < -0.3 is 19.9 Å². The van der Waals surface area contributed by atoms with E-state index in [1.807, 2.05) is 22.9 Å². The highest BCUT2D eigenvalue weighted by Gasteiger charge is 2.48. The van der Waals surface area contributed by atoms with Crippen molar-refractivity contribution >= 4 is 16.8 Å². The van der Waals surface area contributed by atoms with Crippen LogP contribution in [0.1, 0.15) is 29.8 Å². The summed E-state index contributed by atoms with van der Waals surface area (Å²) in [4.78, 5) is 15.7. The lowest BCUT2D eigenvalue weighted by Crippen LogP contribution is -2.45. The molecule has 0 radical (unpaired) electrons. The van der Waals surface area contributed by atoms with Crippen molar-refractivity contribution in [3.63, 3.8) is 0 Å². The number of hydrogen-bond donors (Lipinski definition) is 2. The molecular formula is C23H32N4O4. The van der Waals surface area contributed by atoms with Crippen LogP contribution in [0.15, 0.2) is 18.2 Å². The molecule has 1 aliphatic heterocycles. The lowest BCUT2D eigenvalue weighted by molar-refractivity contribution is 0.0361. The summed E-state index contributed by atoms with van der Waals surface area (Å²) in [5.74, 6) is 1.73. The van der Waals surface area contributed by atoms with Crippen molar-refractivity contribution in [3.8, 4) is 5.75 Å². The molecule has 31 heavy (non-hydrogen) atoms. The fourth-order valence-corrected chi connectivity index (χ4v) is 5.88. The summed E-state index contributed by atoms with van der Waals surface area (Å²) >= 11 is 0. The minimum atomic E-state index is -0.153. The summed E-state index contributed by atoms with van der Waals surface area (Å²) in [6, 6.07) is 5.79. The van der Waals surface area contributed by atoms with Crippen LogP contribution in [0, 0.1) is 17.8 Å². The molecule has 2 aromatic rings. The van der Waals surface area contributed by atoms with Gasteiger partial charge in [-0.3, -0.25) is 14.4 Å². The summed E-state index contributed by atoms with van der Waals surface area (Å²) < 4.78 is 12.9. The summed E-state index contributed by atoms with van der Waals surface area (Å²) in [6.07, 6.45) is 3.41. The quantitative estimate of drug-likeness (QED) is 0.695. The maximum Gasteiger partial charge on any atom is 0.272 e. The molecule has 1 aromatic carbocycles. The number of fused-ring (bicyclic) bond motifs is 3. The number of methoxy groups -OCH3 is 1. The number of nitrogens with zero attached hydrogens (tertiary/aromatic N) is 3. The van der Waals surface area contributed by atoms with Crippen molar-refractivity contribution < 1.29 is 19.4 Å². The Morgan fingerprint density at radius 3 is 2.84 bits per heavy atom. The van der Waals surface area contributed by atoms with Crippen molar-refractivity contribution in [2.24, 2.45) is 17.8 Å². The molecule has 2 heterocycles. The number of carbonyl (C=O) groups is 1. The average Bonchev–Trinajstić information content (AvgIpc) is 3.51. The second-order valence-corrected chi connectivity index (χ2v) is 9.06. The molecule has 8 heteroatoms. The first kappa shape index (κ1) is 20.7. The second kappa shape index (κ2) is 8.76. The zero-order valence-corrected chi connectivity index (χ0v) is 18.1. The van der Waals surface area contributed by atoms with Crippen molar-refractivity contribution in [3.05, 3.63) is 23.9 Å².